The molecular weight excluding hydrogens is 285 g/mol. The molecular formula is C12H12ClF3O3. The van der Waals surface area contributed by atoms with E-state index in [9.17, 15) is 23.1 Å². The lowest BCUT2D eigenvalue weighted by atomic mass is 9.92. The van der Waals surface area contributed by atoms with Crippen molar-refractivity contribution < 1.29 is 27.8 Å². The molecule has 1 unspecified atom stereocenters. The lowest BCUT2D eigenvalue weighted by molar-refractivity contribution is -0.267. The summed E-state index contributed by atoms with van der Waals surface area (Å²) >= 11 is 5.72. The minimum absolute atomic E-state index is 0.0180. The van der Waals surface area contributed by atoms with Gasteiger partial charge in [0.15, 0.2) is 0 Å². The molecule has 0 aromatic heterocycles. The van der Waals surface area contributed by atoms with E-state index in [0.717, 1.165) is 12.1 Å². The van der Waals surface area contributed by atoms with Gasteiger partial charge < -0.3 is 9.84 Å². The number of hydrogen-bond acceptors (Lipinski definition) is 3. The summed E-state index contributed by atoms with van der Waals surface area (Å²) in [5.74, 6) is -1.78. The van der Waals surface area contributed by atoms with Gasteiger partial charge in [0.1, 0.15) is 0 Å². The second-order valence-electron chi connectivity index (χ2n) is 3.89. The van der Waals surface area contributed by atoms with Gasteiger partial charge in [-0.2, -0.15) is 13.2 Å². The molecule has 0 saturated carbocycles. The number of hydrogen-bond donors (Lipinski definition) is 1. The molecule has 0 spiro atoms. The highest BCUT2D eigenvalue weighted by atomic mass is 35.5. The minimum atomic E-state index is -5.21. The zero-order valence-corrected chi connectivity index (χ0v) is 11.0. The molecule has 0 aliphatic rings. The van der Waals surface area contributed by atoms with Gasteiger partial charge in [-0.15, -0.1) is 0 Å². The summed E-state index contributed by atoms with van der Waals surface area (Å²) in [5.41, 5.74) is -3.87. The zero-order valence-electron chi connectivity index (χ0n) is 10.2. The number of ether oxygens (including phenoxy) is 1. The van der Waals surface area contributed by atoms with Crippen molar-refractivity contribution in [3.05, 3.63) is 34.3 Å². The molecule has 1 atom stereocenters. The van der Waals surface area contributed by atoms with Gasteiger partial charge in [-0.05, 0) is 25.5 Å². The topological polar surface area (TPSA) is 46.5 Å². The van der Waals surface area contributed by atoms with E-state index in [0.29, 0.717) is 5.56 Å². The molecule has 0 heterocycles. The normalized spacial score (nSPS) is 14.9. The van der Waals surface area contributed by atoms with E-state index in [-0.39, 0.29) is 11.6 Å². The molecule has 0 bridgehead atoms. The van der Waals surface area contributed by atoms with Crippen LogP contribution in [0.15, 0.2) is 18.2 Å². The van der Waals surface area contributed by atoms with Crippen LogP contribution in [0, 0.1) is 6.92 Å². The van der Waals surface area contributed by atoms with Crippen LogP contribution in [0.25, 0.3) is 0 Å². The third-order valence-corrected chi connectivity index (χ3v) is 2.98. The van der Waals surface area contributed by atoms with Crippen LogP contribution < -0.4 is 0 Å². The second-order valence-corrected chi connectivity index (χ2v) is 4.30. The van der Waals surface area contributed by atoms with E-state index in [1.54, 1.807) is 6.92 Å². The minimum Gasteiger partial charge on any atom is -0.463 e. The molecule has 1 N–H and O–H groups in total. The number of esters is 1. The summed E-state index contributed by atoms with van der Waals surface area (Å²) in [5, 5.41) is 9.79. The molecule has 0 radical (unpaired) electrons. The highest BCUT2D eigenvalue weighted by Crippen LogP contribution is 2.41. The Morgan fingerprint density at radius 1 is 1.42 bits per heavy atom. The number of carbonyl (C=O) groups is 1. The van der Waals surface area contributed by atoms with E-state index in [1.807, 2.05) is 0 Å². The van der Waals surface area contributed by atoms with Gasteiger partial charge in [-0.25, -0.2) is 4.79 Å². The van der Waals surface area contributed by atoms with Crippen molar-refractivity contribution in [3.8, 4) is 0 Å². The summed E-state index contributed by atoms with van der Waals surface area (Å²) in [7, 11) is 0. The molecule has 1 aromatic carbocycles. The molecule has 0 amide bonds. The first-order valence-corrected chi connectivity index (χ1v) is 5.75. The van der Waals surface area contributed by atoms with Crippen molar-refractivity contribution >= 4 is 17.6 Å². The van der Waals surface area contributed by atoms with Crippen molar-refractivity contribution in [2.75, 3.05) is 6.61 Å². The lowest BCUT2D eigenvalue weighted by Gasteiger charge is -2.28. The Morgan fingerprint density at radius 2 is 2.00 bits per heavy atom. The van der Waals surface area contributed by atoms with Gasteiger partial charge in [0.05, 0.1) is 6.61 Å². The number of aliphatic hydroxyl groups is 1. The molecule has 106 valence electrons. The summed E-state index contributed by atoms with van der Waals surface area (Å²) in [4.78, 5) is 11.5. The van der Waals surface area contributed by atoms with Gasteiger partial charge in [0.25, 0.3) is 5.60 Å². The van der Waals surface area contributed by atoms with Crippen molar-refractivity contribution in [3.63, 3.8) is 0 Å². The van der Waals surface area contributed by atoms with Crippen LogP contribution in [0.1, 0.15) is 18.1 Å². The Kier molecular flexibility index (Phi) is 4.47. The molecule has 0 fully saturated rings. The maximum atomic E-state index is 13.0. The van der Waals surface area contributed by atoms with Crippen molar-refractivity contribution in [2.24, 2.45) is 0 Å². The van der Waals surface area contributed by atoms with Gasteiger partial charge in [0, 0.05) is 10.6 Å². The predicted octanol–water partition coefficient (Wildman–Crippen LogP) is 2.96. The Bertz CT molecular complexity index is 488. The van der Waals surface area contributed by atoms with E-state index in [1.165, 1.54) is 13.0 Å². The molecule has 0 aliphatic heterocycles. The van der Waals surface area contributed by atoms with Crippen LogP contribution in [0.2, 0.25) is 5.02 Å². The van der Waals surface area contributed by atoms with Crippen molar-refractivity contribution in [1.82, 2.24) is 0 Å². The van der Waals surface area contributed by atoms with Crippen LogP contribution >= 0.6 is 11.6 Å². The molecule has 19 heavy (non-hydrogen) atoms. The fourth-order valence-electron chi connectivity index (χ4n) is 1.45. The van der Waals surface area contributed by atoms with E-state index in [4.69, 9.17) is 11.6 Å². The Labute approximate surface area is 112 Å². The first-order valence-electron chi connectivity index (χ1n) is 5.37. The fraction of sp³-hybridized carbons (Fsp3) is 0.417. The van der Waals surface area contributed by atoms with E-state index < -0.39 is 23.3 Å². The average Bonchev–Trinajstić information content (AvgIpc) is 2.30. The molecule has 1 rings (SSSR count). The molecule has 7 heteroatoms. The Hall–Kier alpha value is -1.27. The molecule has 1 aromatic rings. The number of aryl methyl sites for hydroxylation is 1. The monoisotopic (exact) mass is 296 g/mol. The number of benzene rings is 1. The fourth-order valence-corrected chi connectivity index (χ4v) is 1.63. The van der Waals surface area contributed by atoms with E-state index in [2.05, 4.69) is 4.74 Å². The molecule has 0 aliphatic carbocycles. The van der Waals surface area contributed by atoms with Crippen LogP contribution in [0.3, 0.4) is 0 Å². The maximum absolute atomic E-state index is 13.0. The lowest BCUT2D eigenvalue weighted by Crippen LogP contribution is -2.50. The highest BCUT2D eigenvalue weighted by molar-refractivity contribution is 6.31. The smallest absolute Gasteiger partial charge is 0.432 e. The van der Waals surface area contributed by atoms with Crippen LogP contribution in [-0.2, 0) is 15.1 Å². The number of halogens is 4. The zero-order chi connectivity index (χ0) is 14.8. The standard InChI is InChI=1S/C12H12ClF3O3/c1-3-19-10(17)11(18,12(14,15)16)8-5-4-7(2)9(13)6-8/h4-6,18H,3H2,1-2H3. The molecule has 0 saturated heterocycles. The third-order valence-electron chi connectivity index (χ3n) is 2.57. The second kappa shape index (κ2) is 5.38. The van der Waals surface area contributed by atoms with Crippen molar-refractivity contribution in [2.45, 2.75) is 25.6 Å². The number of alkyl halides is 3. The first-order chi connectivity index (χ1) is 8.64. The Balaban J connectivity index is 3.39. The van der Waals surface area contributed by atoms with Gasteiger partial charge in [-0.3, -0.25) is 0 Å². The molecule has 3 nitrogen and oxygen atoms in total. The quantitative estimate of drug-likeness (QED) is 0.872. The summed E-state index contributed by atoms with van der Waals surface area (Å²) in [6.45, 7) is 2.65. The van der Waals surface area contributed by atoms with Crippen LogP contribution in [-0.4, -0.2) is 23.9 Å². The summed E-state index contributed by atoms with van der Waals surface area (Å²) < 4.78 is 43.3. The van der Waals surface area contributed by atoms with Gasteiger partial charge in [-0.1, -0.05) is 23.7 Å². The number of carbonyl (C=O) groups excluding carboxylic acids is 1. The van der Waals surface area contributed by atoms with Crippen LogP contribution in [0.5, 0.6) is 0 Å². The van der Waals surface area contributed by atoms with Gasteiger partial charge in [0.2, 0.25) is 0 Å². The van der Waals surface area contributed by atoms with Crippen molar-refractivity contribution in [1.29, 1.82) is 0 Å². The number of rotatable bonds is 3. The third kappa shape index (κ3) is 2.84. The highest BCUT2D eigenvalue weighted by Gasteiger charge is 2.62. The Morgan fingerprint density at radius 3 is 2.42 bits per heavy atom. The summed E-state index contributed by atoms with van der Waals surface area (Å²) in [6.07, 6.45) is -5.21. The average molecular weight is 297 g/mol. The van der Waals surface area contributed by atoms with E-state index >= 15 is 0 Å². The predicted molar refractivity (Wildman–Crippen MR) is 62.8 cm³/mol. The largest absolute Gasteiger partial charge is 0.463 e. The SMILES string of the molecule is CCOC(=O)C(O)(c1ccc(C)c(Cl)c1)C(F)(F)F. The first kappa shape index (κ1) is 15.8. The van der Waals surface area contributed by atoms with Gasteiger partial charge >= 0.3 is 12.1 Å². The van der Waals surface area contributed by atoms with Crippen LogP contribution in [0.4, 0.5) is 13.2 Å². The maximum Gasteiger partial charge on any atom is 0.432 e. The summed E-state index contributed by atoms with van der Waals surface area (Å²) in [6, 6.07) is 3.18.